The first kappa shape index (κ1) is 15.1. The van der Waals surface area contributed by atoms with Gasteiger partial charge in [0.15, 0.2) is 0 Å². The van der Waals surface area contributed by atoms with E-state index in [0.29, 0.717) is 17.1 Å². The van der Waals surface area contributed by atoms with E-state index in [2.05, 4.69) is 5.32 Å². The van der Waals surface area contributed by atoms with E-state index < -0.39 is 5.60 Å². The molecule has 1 saturated carbocycles. The first-order valence-electron chi connectivity index (χ1n) is 6.95. The summed E-state index contributed by atoms with van der Waals surface area (Å²) < 4.78 is 0. The van der Waals surface area contributed by atoms with Gasteiger partial charge in [0.05, 0.1) is 12.0 Å². The first-order chi connectivity index (χ1) is 9.48. The summed E-state index contributed by atoms with van der Waals surface area (Å²) in [4.78, 5) is 11.9. The van der Waals surface area contributed by atoms with Crippen molar-refractivity contribution in [1.29, 1.82) is 0 Å². The van der Waals surface area contributed by atoms with Gasteiger partial charge >= 0.3 is 0 Å². The van der Waals surface area contributed by atoms with E-state index in [1.54, 1.807) is 6.07 Å². The average molecular weight is 298 g/mol. The molecule has 110 valence electrons. The van der Waals surface area contributed by atoms with Crippen molar-refractivity contribution in [3.05, 3.63) is 28.8 Å². The number of hydrogen-bond donors (Lipinski definition) is 3. The number of benzene rings is 1. The van der Waals surface area contributed by atoms with E-state index in [4.69, 9.17) is 11.6 Å². The van der Waals surface area contributed by atoms with Gasteiger partial charge in [-0.15, -0.1) is 0 Å². The molecule has 1 aliphatic carbocycles. The van der Waals surface area contributed by atoms with Crippen molar-refractivity contribution in [3.63, 3.8) is 0 Å². The van der Waals surface area contributed by atoms with Gasteiger partial charge in [0.25, 0.3) is 0 Å². The Morgan fingerprint density at radius 2 is 2.00 bits per heavy atom. The number of carbonyl (C=O) groups is 1. The van der Waals surface area contributed by atoms with Crippen LogP contribution in [0.15, 0.2) is 18.2 Å². The molecule has 0 unspecified atom stereocenters. The molecule has 0 aromatic heterocycles. The van der Waals surface area contributed by atoms with E-state index >= 15 is 0 Å². The van der Waals surface area contributed by atoms with Gasteiger partial charge in [-0.05, 0) is 30.5 Å². The fourth-order valence-corrected chi connectivity index (χ4v) is 2.81. The summed E-state index contributed by atoms with van der Waals surface area (Å²) in [6.07, 6.45) is 4.81. The molecular weight excluding hydrogens is 278 g/mol. The molecule has 3 N–H and O–H groups in total. The van der Waals surface area contributed by atoms with Gasteiger partial charge in [-0.3, -0.25) is 4.79 Å². The predicted octanol–water partition coefficient (Wildman–Crippen LogP) is 2.40. The van der Waals surface area contributed by atoms with E-state index in [-0.39, 0.29) is 18.1 Å². The highest BCUT2D eigenvalue weighted by molar-refractivity contribution is 6.31. The van der Waals surface area contributed by atoms with Crippen LogP contribution in [0.2, 0.25) is 5.02 Å². The second-order valence-corrected chi connectivity index (χ2v) is 5.92. The lowest BCUT2D eigenvalue weighted by molar-refractivity contribution is -0.122. The minimum atomic E-state index is -0.757. The number of phenolic OH excluding ortho intramolecular Hbond substituents is 1. The standard InChI is InChI=1S/C15H20ClNO3/c16-13-9-12(18)5-4-11(13)8-14(19)17-10-15(20)6-2-1-3-7-15/h4-5,9,18,20H,1-3,6-8,10H2,(H,17,19). The molecule has 1 fully saturated rings. The van der Waals surface area contributed by atoms with Crippen LogP contribution in [0.25, 0.3) is 0 Å². The summed E-state index contributed by atoms with van der Waals surface area (Å²) in [5.41, 5.74) is -0.0928. The Labute approximate surface area is 123 Å². The number of halogens is 1. The SMILES string of the molecule is O=C(Cc1ccc(O)cc1Cl)NCC1(O)CCCCC1. The van der Waals surface area contributed by atoms with E-state index in [0.717, 1.165) is 32.1 Å². The van der Waals surface area contributed by atoms with Gasteiger partial charge in [-0.2, -0.15) is 0 Å². The van der Waals surface area contributed by atoms with Gasteiger partial charge in [-0.1, -0.05) is 36.9 Å². The molecule has 4 nitrogen and oxygen atoms in total. The molecule has 20 heavy (non-hydrogen) atoms. The van der Waals surface area contributed by atoms with Crippen LogP contribution in [0.3, 0.4) is 0 Å². The minimum Gasteiger partial charge on any atom is -0.508 e. The predicted molar refractivity (Wildman–Crippen MR) is 77.9 cm³/mol. The van der Waals surface area contributed by atoms with Crippen LogP contribution in [-0.4, -0.2) is 28.3 Å². The third-order valence-corrected chi connectivity index (χ3v) is 4.14. The summed E-state index contributed by atoms with van der Waals surface area (Å²) in [5, 5.41) is 22.7. The van der Waals surface area contributed by atoms with Crippen LogP contribution < -0.4 is 5.32 Å². The van der Waals surface area contributed by atoms with Gasteiger partial charge in [0.2, 0.25) is 5.91 Å². The highest BCUT2D eigenvalue weighted by atomic mass is 35.5. The van der Waals surface area contributed by atoms with Crippen LogP contribution in [0, 0.1) is 0 Å². The highest BCUT2D eigenvalue weighted by Crippen LogP contribution is 2.27. The van der Waals surface area contributed by atoms with Crippen molar-refractivity contribution in [3.8, 4) is 5.75 Å². The maximum absolute atomic E-state index is 11.9. The van der Waals surface area contributed by atoms with Crippen LogP contribution in [0.1, 0.15) is 37.7 Å². The molecule has 0 spiro atoms. The van der Waals surface area contributed by atoms with Crippen molar-refractivity contribution in [2.75, 3.05) is 6.54 Å². The van der Waals surface area contributed by atoms with E-state index in [1.165, 1.54) is 12.1 Å². The molecular formula is C15H20ClNO3. The normalized spacial score (nSPS) is 17.7. The Bertz CT molecular complexity index is 484. The van der Waals surface area contributed by atoms with Gasteiger partial charge in [0, 0.05) is 11.6 Å². The maximum atomic E-state index is 11.9. The Morgan fingerprint density at radius 3 is 2.65 bits per heavy atom. The Kier molecular flexibility index (Phi) is 4.89. The third kappa shape index (κ3) is 4.12. The molecule has 1 aromatic rings. The largest absolute Gasteiger partial charge is 0.508 e. The number of amides is 1. The van der Waals surface area contributed by atoms with Crippen molar-refractivity contribution >= 4 is 17.5 Å². The molecule has 0 radical (unpaired) electrons. The lowest BCUT2D eigenvalue weighted by Gasteiger charge is -2.32. The van der Waals surface area contributed by atoms with Crippen LogP contribution in [0.5, 0.6) is 5.75 Å². The number of aromatic hydroxyl groups is 1. The van der Waals surface area contributed by atoms with Gasteiger partial charge in [0.1, 0.15) is 5.75 Å². The maximum Gasteiger partial charge on any atom is 0.224 e. The highest BCUT2D eigenvalue weighted by Gasteiger charge is 2.29. The summed E-state index contributed by atoms with van der Waals surface area (Å²) >= 11 is 5.96. The van der Waals surface area contributed by atoms with Crippen LogP contribution in [0.4, 0.5) is 0 Å². The third-order valence-electron chi connectivity index (χ3n) is 3.79. The summed E-state index contributed by atoms with van der Waals surface area (Å²) in [6, 6.07) is 4.55. The fourth-order valence-electron chi connectivity index (χ4n) is 2.56. The second kappa shape index (κ2) is 6.46. The molecule has 0 atom stereocenters. The fraction of sp³-hybridized carbons (Fsp3) is 0.533. The zero-order valence-corrected chi connectivity index (χ0v) is 12.1. The number of hydrogen-bond acceptors (Lipinski definition) is 3. The minimum absolute atomic E-state index is 0.0793. The van der Waals surface area contributed by atoms with E-state index in [9.17, 15) is 15.0 Å². The van der Waals surface area contributed by atoms with Crippen molar-refractivity contribution in [1.82, 2.24) is 5.32 Å². The van der Waals surface area contributed by atoms with Crippen LogP contribution in [-0.2, 0) is 11.2 Å². The van der Waals surface area contributed by atoms with Gasteiger partial charge in [-0.25, -0.2) is 0 Å². The molecule has 1 amide bonds. The zero-order chi connectivity index (χ0) is 14.6. The number of aliphatic hydroxyl groups is 1. The number of nitrogens with one attached hydrogen (secondary N) is 1. The Morgan fingerprint density at radius 1 is 1.30 bits per heavy atom. The zero-order valence-electron chi connectivity index (χ0n) is 11.4. The number of rotatable bonds is 4. The van der Waals surface area contributed by atoms with Crippen LogP contribution >= 0.6 is 11.6 Å². The average Bonchev–Trinajstić information content (AvgIpc) is 2.41. The molecule has 0 heterocycles. The summed E-state index contributed by atoms with van der Waals surface area (Å²) in [7, 11) is 0. The quantitative estimate of drug-likeness (QED) is 0.799. The number of carbonyl (C=O) groups excluding carboxylic acids is 1. The number of phenols is 1. The monoisotopic (exact) mass is 297 g/mol. The molecule has 2 rings (SSSR count). The smallest absolute Gasteiger partial charge is 0.224 e. The Balaban J connectivity index is 1.86. The molecule has 0 saturated heterocycles. The van der Waals surface area contributed by atoms with E-state index in [1.807, 2.05) is 0 Å². The molecule has 0 aliphatic heterocycles. The summed E-state index contributed by atoms with van der Waals surface area (Å²) in [6.45, 7) is 0.293. The molecule has 0 bridgehead atoms. The summed E-state index contributed by atoms with van der Waals surface area (Å²) in [5.74, 6) is -0.0905. The van der Waals surface area contributed by atoms with Gasteiger partial charge < -0.3 is 15.5 Å². The second-order valence-electron chi connectivity index (χ2n) is 5.51. The molecule has 1 aromatic carbocycles. The molecule has 5 heteroatoms. The lowest BCUT2D eigenvalue weighted by atomic mass is 9.85. The van der Waals surface area contributed by atoms with Crippen molar-refractivity contribution in [2.45, 2.75) is 44.1 Å². The Hall–Kier alpha value is -1.26. The van der Waals surface area contributed by atoms with Crippen molar-refractivity contribution < 1.29 is 15.0 Å². The van der Waals surface area contributed by atoms with Crippen molar-refractivity contribution in [2.24, 2.45) is 0 Å². The lowest BCUT2D eigenvalue weighted by Crippen LogP contribution is -2.44. The topological polar surface area (TPSA) is 69.6 Å². The molecule has 1 aliphatic rings. The first-order valence-corrected chi connectivity index (χ1v) is 7.33.